The van der Waals surface area contributed by atoms with E-state index in [4.69, 9.17) is 4.74 Å². The fourth-order valence-corrected chi connectivity index (χ4v) is 2.57. The number of pyridine rings is 1. The van der Waals surface area contributed by atoms with Crippen LogP contribution in [0.5, 0.6) is 0 Å². The van der Waals surface area contributed by atoms with Gasteiger partial charge in [-0.3, -0.25) is 9.78 Å². The summed E-state index contributed by atoms with van der Waals surface area (Å²) in [5.74, 6) is -0.0132. The minimum absolute atomic E-state index is 0.00305. The normalized spacial score (nSPS) is 20.5. The van der Waals surface area contributed by atoms with E-state index < -0.39 is 0 Å². The molecule has 22 heavy (non-hydrogen) atoms. The van der Waals surface area contributed by atoms with Crippen molar-refractivity contribution in [2.75, 3.05) is 27.2 Å². The topological polar surface area (TPSA) is 83.6 Å². The summed E-state index contributed by atoms with van der Waals surface area (Å²) in [5, 5.41) is 5.06. The molecular formula is C15H22N4O3. The van der Waals surface area contributed by atoms with Crippen molar-refractivity contribution in [1.29, 1.82) is 0 Å². The quantitative estimate of drug-likeness (QED) is 0.838. The van der Waals surface area contributed by atoms with Gasteiger partial charge in [0.05, 0.1) is 6.04 Å². The van der Waals surface area contributed by atoms with Crippen LogP contribution in [0.4, 0.5) is 4.79 Å². The van der Waals surface area contributed by atoms with Crippen molar-refractivity contribution in [3.8, 4) is 0 Å². The zero-order chi connectivity index (χ0) is 15.9. The number of hydrogen-bond acceptors (Lipinski definition) is 4. The Morgan fingerprint density at radius 2 is 2.32 bits per heavy atom. The highest BCUT2D eigenvalue weighted by molar-refractivity contribution is 5.78. The molecule has 2 atom stereocenters. The number of carbonyl (C=O) groups excluding carboxylic acids is 2. The number of likely N-dealkylation sites (N-methyl/N-ethyl adjacent to an activating group) is 1. The molecule has 0 aliphatic carbocycles. The summed E-state index contributed by atoms with van der Waals surface area (Å²) in [6.07, 6.45) is 4.40. The molecule has 0 aromatic carbocycles. The first-order chi connectivity index (χ1) is 10.6. The molecule has 7 heteroatoms. The number of nitrogens with zero attached hydrogens (tertiary/aromatic N) is 2. The highest BCUT2D eigenvalue weighted by atomic mass is 16.5. The van der Waals surface area contributed by atoms with E-state index in [2.05, 4.69) is 15.6 Å². The van der Waals surface area contributed by atoms with Gasteiger partial charge in [0.1, 0.15) is 6.10 Å². The molecule has 1 aliphatic rings. The summed E-state index contributed by atoms with van der Waals surface area (Å²) in [5.41, 5.74) is 0.980. The number of aromatic nitrogens is 1. The van der Waals surface area contributed by atoms with Crippen LogP contribution in [0.15, 0.2) is 24.5 Å². The van der Waals surface area contributed by atoms with E-state index in [0.29, 0.717) is 13.2 Å². The molecule has 2 heterocycles. The van der Waals surface area contributed by atoms with Gasteiger partial charge in [0.15, 0.2) is 0 Å². The van der Waals surface area contributed by atoms with Crippen molar-refractivity contribution in [1.82, 2.24) is 20.5 Å². The molecule has 1 aliphatic heterocycles. The average molecular weight is 306 g/mol. The lowest BCUT2D eigenvalue weighted by Crippen LogP contribution is -2.41. The van der Waals surface area contributed by atoms with Gasteiger partial charge < -0.3 is 20.3 Å². The number of amides is 3. The lowest BCUT2D eigenvalue weighted by Gasteiger charge is -2.28. The summed E-state index contributed by atoms with van der Waals surface area (Å²) < 4.78 is 5.77. The standard InChI is InChI=1S/C15H22N4O3/c1-16-15(21)18-8-5-13(20)19(2)12-6-9-22-14(12)11-4-3-7-17-10-11/h3-4,7,10,12,14H,5-6,8-9H2,1-2H3,(H2,16,18,21)/t12-,14+/m0/s1. The molecular weight excluding hydrogens is 284 g/mol. The van der Waals surface area contributed by atoms with Crippen molar-refractivity contribution in [2.24, 2.45) is 0 Å². The Bertz CT molecular complexity index is 509. The second-order valence-corrected chi connectivity index (χ2v) is 5.19. The number of hydrogen-bond donors (Lipinski definition) is 2. The molecule has 1 aromatic rings. The van der Waals surface area contributed by atoms with Crippen molar-refractivity contribution in [2.45, 2.75) is 25.0 Å². The third-order valence-corrected chi connectivity index (χ3v) is 3.82. The molecule has 0 bridgehead atoms. The molecule has 120 valence electrons. The molecule has 7 nitrogen and oxygen atoms in total. The van der Waals surface area contributed by atoms with Gasteiger partial charge in [0.2, 0.25) is 5.91 Å². The van der Waals surface area contributed by atoms with Crippen LogP contribution in [0.2, 0.25) is 0 Å². The minimum Gasteiger partial charge on any atom is -0.371 e. The summed E-state index contributed by atoms with van der Waals surface area (Å²) in [6.45, 7) is 0.937. The number of nitrogens with one attached hydrogen (secondary N) is 2. The van der Waals surface area contributed by atoms with Gasteiger partial charge in [-0.1, -0.05) is 6.07 Å². The van der Waals surface area contributed by atoms with E-state index in [9.17, 15) is 9.59 Å². The van der Waals surface area contributed by atoms with Crippen LogP contribution in [-0.2, 0) is 9.53 Å². The zero-order valence-corrected chi connectivity index (χ0v) is 12.9. The number of urea groups is 1. The van der Waals surface area contributed by atoms with Crippen LogP contribution in [-0.4, -0.2) is 55.1 Å². The maximum atomic E-state index is 12.3. The average Bonchev–Trinajstić information content (AvgIpc) is 3.04. The Morgan fingerprint density at radius 3 is 3.00 bits per heavy atom. The summed E-state index contributed by atoms with van der Waals surface area (Å²) in [7, 11) is 3.32. The van der Waals surface area contributed by atoms with Crippen molar-refractivity contribution in [3.05, 3.63) is 30.1 Å². The largest absolute Gasteiger partial charge is 0.371 e. The smallest absolute Gasteiger partial charge is 0.314 e. The highest BCUT2D eigenvalue weighted by Crippen LogP contribution is 2.32. The lowest BCUT2D eigenvalue weighted by molar-refractivity contribution is -0.133. The zero-order valence-electron chi connectivity index (χ0n) is 12.9. The predicted octanol–water partition coefficient (Wildman–Crippen LogP) is 0.689. The van der Waals surface area contributed by atoms with E-state index in [1.165, 1.54) is 7.05 Å². The molecule has 0 radical (unpaired) electrons. The van der Waals surface area contributed by atoms with Crippen LogP contribution < -0.4 is 10.6 Å². The second kappa shape index (κ2) is 7.74. The van der Waals surface area contributed by atoms with Crippen LogP contribution in [0.1, 0.15) is 24.5 Å². The summed E-state index contributed by atoms with van der Waals surface area (Å²) in [6, 6.07) is 3.54. The maximum Gasteiger partial charge on any atom is 0.314 e. The molecule has 1 aromatic heterocycles. The van der Waals surface area contributed by atoms with E-state index in [0.717, 1.165) is 12.0 Å². The lowest BCUT2D eigenvalue weighted by atomic mass is 10.0. The third kappa shape index (κ3) is 3.94. The Morgan fingerprint density at radius 1 is 1.50 bits per heavy atom. The molecule has 0 saturated carbocycles. The second-order valence-electron chi connectivity index (χ2n) is 5.19. The van der Waals surface area contributed by atoms with E-state index in [1.54, 1.807) is 24.3 Å². The van der Waals surface area contributed by atoms with E-state index >= 15 is 0 Å². The highest BCUT2D eigenvalue weighted by Gasteiger charge is 2.34. The monoisotopic (exact) mass is 306 g/mol. The minimum atomic E-state index is -0.284. The first-order valence-electron chi connectivity index (χ1n) is 7.36. The molecule has 1 fully saturated rings. The number of rotatable bonds is 5. The van der Waals surface area contributed by atoms with Gasteiger partial charge in [-0.05, 0) is 12.5 Å². The Labute approximate surface area is 130 Å². The first kappa shape index (κ1) is 16.2. The van der Waals surface area contributed by atoms with Gasteiger partial charge in [0, 0.05) is 51.6 Å². The fourth-order valence-electron chi connectivity index (χ4n) is 2.57. The Balaban J connectivity index is 1.91. The van der Waals surface area contributed by atoms with Crippen LogP contribution in [0, 0.1) is 0 Å². The third-order valence-electron chi connectivity index (χ3n) is 3.82. The SMILES string of the molecule is CNC(=O)NCCC(=O)N(C)[C@H]1CCO[C@@H]1c1cccnc1. The van der Waals surface area contributed by atoms with Crippen molar-refractivity contribution >= 4 is 11.9 Å². The molecule has 0 unspecified atom stereocenters. The van der Waals surface area contributed by atoms with Gasteiger partial charge >= 0.3 is 6.03 Å². The van der Waals surface area contributed by atoms with Crippen LogP contribution in [0.25, 0.3) is 0 Å². The van der Waals surface area contributed by atoms with E-state index in [-0.39, 0.29) is 30.5 Å². The van der Waals surface area contributed by atoms with Gasteiger partial charge in [-0.2, -0.15) is 0 Å². The summed E-state index contributed by atoms with van der Waals surface area (Å²) >= 11 is 0. The van der Waals surface area contributed by atoms with Gasteiger partial charge in [-0.25, -0.2) is 4.79 Å². The van der Waals surface area contributed by atoms with E-state index in [1.807, 2.05) is 12.1 Å². The number of ether oxygens (including phenoxy) is 1. The predicted molar refractivity (Wildman–Crippen MR) is 81.2 cm³/mol. The van der Waals surface area contributed by atoms with Crippen LogP contribution >= 0.6 is 0 Å². The van der Waals surface area contributed by atoms with Gasteiger partial charge in [-0.15, -0.1) is 0 Å². The number of carbonyl (C=O) groups is 2. The molecule has 2 rings (SSSR count). The van der Waals surface area contributed by atoms with Crippen molar-refractivity contribution in [3.63, 3.8) is 0 Å². The molecule has 3 amide bonds. The molecule has 1 saturated heterocycles. The van der Waals surface area contributed by atoms with Gasteiger partial charge in [0.25, 0.3) is 0 Å². The Hall–Kier alpha value is -2.15. The molecule has 2 N–H and O–H groups in total. The fraction of sp³-hybridized carbons (Fsp3) is 0.533. The van der Waals surface area contributed by atoms with Crippen LogP contribution in [0.3, 0.4) is 0 Å². The maximum absolute atomic E-state index is 12.3. The van der Waals surface area contributed by atoms with Crippen molar-refractivity contribution < 1.29 is 14.3 Å². The Kier molecular flexibility index (Phi) is 5.71. The first-order valence-corrected chi connectivity index (χ1v) is 7.36. The summed E-state index contributed by atoms with van der Waals surface area (Å²) in [4.78, 5) is 29.2. The molecule has 0 spiro atoms.